The largest absolute Gasteiger partial charge is 0.334 e. The van der Waals surface area contributed by atoms with E-state index in [1.807, 2.05) is 19.1 Å². The summed E-state index contributed by atoms with van der Waals surface area (Å²) < 4.78 is 3.03. The van der Waals surface area contributed by atoms with Gasteiger partial charge in [0.25, 0.3) is 11.5 Å². The second kappa shape index (κ2) is 8.99. The van der Waals surface area contributed by atoms with Crippen LogP contribution in [0.2, 0.25) is 0 Å². The fraction of sp³-hybridized carbons (Fsp3) is 0.400. The summed E-state index contributed by atoms with van der Waals surface area (Å²) >= 11 is 3.03. The molecule has 0 saturated heterocycles. The van der Waals surface area contributed by atoms with Gasteiger partial charge >= 0.3 is 0 Å². The molecule has 1 aliphatic carbocycles. The van der Waals surface area contributed by atoms with Gasteiger partial charge in [-0.05, 0) is 38.8 Å². The number of hydrogen-bond acceptors (Lipinski definition) is 6. The maximum Gasteiger partial charge on any atom is 0.279 e. The van der Waals surface area contributed by atoms with Crippen molar-refractivity contribution in [3.05, 3.63) is 56.5 Å². The molecule has 0 bridgehead atoms. The molecular weight excluding hydrogens is 452 g/mol. The van der Waals surface area contributed by atoms with Crippen LogP contribution in [0.15, 0.2) is 51.7 Å². The first-order chi connectivity index (χ1) is 16.0. The summed E-state index contributed by atoms with van der Waals surface area (Å²) in [7, 11) is 0. The van der Waals surface area contributed by atoms with Gasteiger partial charge in [-0.3, -0.25) is 14.2 Å². The van der Waals surface area contributed by atoms with E-state index >= 15 is 0 Å². The predicted octanol–water partition coefficient (Wildman–Crippen LogP) is 3.50. The average molecular weight is 481 g/mol. The van der Waals surface area contributed by atoms with Crippen LogP contribution in [0, 0.1) is 0 Å². The van der Waals surface area contributed by atoms with Crippen LogP contribution in [0.25, 0.3) is 10.6 Å². The molecule has 0 spiro atoms. The molecule has 33 heavy (non-hydrogen) atoms. The van der Waals surface area contributed by atoms with Crippen molar-refractivity contribution in [3.63, 3.8) is 0 Å². The number of amides is 1. The first-order valence-corrected chi connectivity index (χ1v) is 13.2. The number of benzene rings is 1. The lowest BCUT2D eigenvalue weighted by Crippen LogP contribution is -2.38. The topological polar surface area (TPSA) is 57.9 Å². The van der Waals surface area contributed by atoms with Gasteiger partial charge in [-0.1, -0.05) is 49.2 Å². The molecule has 8 heteroatoms. The third-order valence-electron chi connectivity index (χ3n) is 6.49. The van der Waals surface area contributed by atoms with E-state index in [-0.39, 0.29) is 17.5 Å². The second-order valence-electron chi connectivity index (χ2n) is 8.56. The third kappa shape index (κ3) is 3.69. The number of aromatic nitrogens is 1. The van der Waals surface area contributed by atoms with Crippen LogP contribution in [-0.2, 0) is 11.3 Å². The Balaban J connectivity index is 1.70. The van der Waals surface area contributed by atoms with Crippen LogP contribution in [0.4, 0.5) is 5.69 Å². The van der Waals surface area contributed by atoms with Crippen LogP contribution in [-0.4, -0.2) is 33.8 Å². The number of thioether (sulfide) groups is 1. The first-order valence-electron chi connectivity index (χ1n) is 11.6. The number of rotatable bonds is 4. The van der Waals surface area contributed by atoms with Gasteiger partial charge in [0, 0.05) is 18.0 Å². The maximum atomic E-state index is 13.6. The molecule has 1 amide bonds. The zero-order valence-electron chi connectivity index (χ0n) is 19.0. The molecule has 172 valence electrons. The lowest BCUT2D eigenvalue weighted by Gasteiger charge is -2.27. The zero-order valence-corrected chi connectivity index (χ0v) is 20.7. The van der Waals surface area contributed by atoms with Crippen molar-refractivity contribution < 1.29 is 4.79 Å². The number of fused-ring (bicyclic) bond motifs is 1. The second-order valence-corrected chi connectivity index (χ2v) is 10.6. The average Bonchev–Trinajstić information content (AvgIpc) is 3.45. The van der Waals surface area contributed by atoms with E-state index in [9.17, 15) is 9.59 Å². The van der Waals surface area contributed by atoms with Gasteiger partial charge in [0.2, 0.25) is 0 Å². The molecule has 0 unspecified atom stereocenters. The van der Waals surface area contributed by atoms with Crippen molar-refractivity contribution in [2.75, 3.05) is 11.4 Å². The Kier molecular flexibility index (Phi) is 6.05. The lowest BCUT2D eigenvalue weighted by molar-refractivity contribution is -0.126. The molecule has 3 aliphatic rings. The first kappa shape index (κ1) is 22.2. The highest BCUT2D eigenvalue weighted by molar-refractivity contribution is 8.08. The molecule has 1 saturated carbocycles. The fourth-order valence-electron chi connectivity index (χ4n) is 4.89. The monoisotopic (exact) mass is 480 g/mol. The van der Waals surface area contributed by atoms with Crippen LogP contribution in [0.5, 0.6) is 0 Å². The smallest absolute Gasteiger partial charge is 0.279 e. The SMILES string of the molecule is C=CCn1c(=C2C(=O)N(C3CCCCC3)N=C2C)sc(=C2Sc3ccccc3N2CC)c1=O. The van der Waals surface area contributed by atoms with E-state index in [0.717, 1.165) is 47.8 Å². The molecule has 1 fully saturated rings. The Morgan fingerprint density at radius 3 is 2.67 bits per heavy atom. The van der Waals surface area contributed by atoms with E-state index in [1.165, 1.54) is 17.8 Å². The number of carbonyl (C=O) groups is 1. The van der Waals surface area contributed by atoms with Crippen molar-refractivity contribution in [1.82, 2.24) is 9.58 Å². The lowest BCUT2D eigenvalue weighted by atomic mass is 9.95. The molecule has 0 N–H and O–H groups in total. The Bertz CT molecular complexity index is 1330. The summed E-state index contributed by atoms with van der Waals surface area (Å²) in [5, 5.41) is 7.27. The van der Waals surface area contributed by atoms with Gasteiger partial charge in [-0.25, -0.2) is 5.01 Å². The van der Waals surface area contributed by atoms with Crippen molar-refractivity contribution in [3.8, 4) is 0 Å². The zero-order chi connectivity index (χ0) is 23.1. The van der Waals surface area contributed by atoms with Crippen molar-refractivity contribution >= 4 is 51.0 Å². The molecule has 2 aliphatic heterocycles. The fourth-order valence-corrected chi connectivity index (χ4v) is 7.49. The van der Waals surface area contributed by atoms with Gasteiger partial charge in [0.1, 0.15) is 14.2 Å². The standard InChI is InChI=1S/C25H28N4O2S2/c1-4-15-28-23(31)21(25-27(5-2)18-13-9-10-14-19(18)32-25)33-24(28)20-16(3)26-29(22(20)30)17-11-7-6-8-12-17/h4,9-10,13-14,17H,1,5-8,11-12,15H2,2-3H3. The number of carbonyl (C=O) groups excluding carboxylic acids is 1. The van der Waals surface area contributed by atoms with Gasteiger partial charge in [-0.2, -0.15) is 5.10 Å². The summed E-state index contributed by atoms with van der Waals surface area (Å²) in [6, 6.07) is 8.37. The molecule has 2 aromatic rings. The number of nitrogens with zero attached hydrogens (tertiary/aromatic N) is 4. The molecule has 1 aromatic carbocycles. The molecule has 0 atom stereocenters. The van der Waals surface area contributed by atoms with E-state index in [1.54, 1.807) is 27.4 Å². The quantitative estimate of drug-likeness (QED) is 0.629. The van der Waals surface area contributed by atoms with Crippen LogP contribution >= 0.6 is 23.1 Å². The number of allylic oxidation sites excluding steroid dienone is 1. The summed E-state index contributed by atoms with van der Waals surface area (Å²) in [6.07, 6.45) is 7.17. The number of thiazole rings is 1. The minimum Gasteiger partial charge on any atom is -0.334 e. The highest BCUT2D eigenvalue weighted by atomic mass is 32.2. The third-order valence-corrected chi connectivity index (χ3v) is 8.99. The van der Waals surface area contributed by atoms with Crippen LogP contribution in [0.1, 0.15) is 46.0 Å². The summed E-state index contributed by atoms with van der Waals surface area (Å²) in [4.78, 5) is 30.5. The van der Waals surface area contributed by atoms with Crippen LogP contribution < -0.4 is 19.7 Å². The minimum atomic E-state index is -0.0790. The van der Waals surface area contributed by atoms with Crippen molar-refractivity contribution in [2.24, 2.45) is 5.10 Å². The Morgan fingerprint density at radius 1 is 1.18 bits per heavy atom. The van der Waals surface area contributed by atoms with E-state index in [0.29, 0.717) is 27.0 Å². The van der Waals surface area contributed by atoms with Gasteiger partial charge in [0.15, 0.2) is 0 Å². The minimum absolute atomic E-state index is 0.0760. The molecular formula is C25H28N4O2S2. The summed E-state index contributed by atoms with van der Waals surface area (Å²) in [5.41, 5.74) is 2.29. The molecule has 5 rings (SSSR count). The predicted molar refractivity (Wildman–Crippen MR) is 137 cm³/mol. The molecule has 6 nitrogen and oxygen atoms in total. The summed E-state index contributed by atoms with van der Waals surface area (Å²) in [5.74, 6) is -0.0790. The van der Waals surface area contributed by atoms with Gasteiger partial charge in [0.05, 0.1) is 23.0 Å². The molecule has 0 radical (unpaired) electrons. The number of hydrazone groups is 1. The molecule has 3 heterocycles. The number of anilines is 1. The van der Waals surface area contributed by atoms with Crippen molar-refractivity contribution in [2.45, 2.75) is 63.4 Å². The summed E-state index contributed by atoms with van der Waals surface area (Å²) in [6.45, 7) is 8.94. The Labute approximate surface area is 201 Å². The highest BCUT2D eigenvalue weighted by Crippen LogP contribution is 2.45. The highest BCUT2D eigenvalue weighted by Gasteiger charge is 2.35. The normalized spacial score (nSPS) is 22.1. The van der Waals surface area contributed by atoms with Gasteiger partial charge < -0.3 is 4.90 Å². The number of para-hydroxylation sites is 1. The Morgan fingerprint density at radius 2 is 1.94 bits per heavy atom. The maximum absolute atomic E-state index is 13.6. The van der Waals surface area contributed by atoms with E-state index in [2.05, 4.69) is 35.6 Å². The molecule has 1 aromatic heterocycles. The van der Waals surface area contributed by atoms with E-state index < -0.39 is 0 Å². The van der Waals surface area contributed by atoms with E-state index in [4.69, 9.17) is 0 Å². The van der Waals surface area contributed by atoms with Crippen LogP contribution in [0.3, 0.4) is 0 Å². The number of hydrogen-bond donors (Lipinski definition) is 0. The Hall–Kier alpha value is -2.58. The van der Waals surface area contributed by atoms with Crippen molar-refractivity contribution in [1.29, 1.82) is 0 Å². The van der Waals surface area contributed by atoms with Gasteiger partial charge in [-0.15, -0.1) is 17.9 Å².